The Balaban J connectivity index is 2.32. The van der Waals surface area contributed by atoms with Crippen molar-refractivity contribution in [1.82, 2.24) is 10.2 Å². The van der Waals surface area contributed by atoms with Gasteiger partial charge in [-0.05, 0) is 18.2 Å². The van der Waals surface area contributed by atoms with Crippen LogP contribution < -0.4 is 10.1 Å². The first-order valence-corrected chi connectivity index (χ1v) is 6.08. The third-order valence-corrected chi connectivity index (χ3v) is 3.13. The number of rotatable bonds is 3. The van der Waals surface area contributed by atoms with E-state index in [9.17, 15) is 18.8 Å². The van der Waals surface area contributed by atoms with Crippen LogP contribution in [0.3, 0.4) is 0 Å². The molecule has 1 aliphatic rings. The standard InChI is InChI=1S/C13H13FN2O5/c1-21-10-4-7(2-3-8(10)14)12(18)16-6-11(17)15-5-9(16)13(19)20/h2-4,9H,5-6H2,1H3,(H,15,17)(H,19,20). The fraction of sp³-hybridized carbons (Fsp3) is 0.308. The second-order valence-electron chi connectivity index (χ2n) is 4.44. The smallest absolute Gasteiger partial charge is 0.328 e. The van der Waals surface area contributed by atoms with Gasteiger partial charge in [0.2, 0.25) is 5.91 Å². The van der Waals surface area contributed by atoms with Gasteiger partial charge in [0, 0.05) is 12.1 Å². The lowest BCUT2D eigenvalue weighted by molar-refractivity contribution is -0.144. The summed E-state index contributed by atoms with van der Waals surface area (Å²) in [5.74, 6) is -3.11. The topological polar surface area (TPSA) is 95.9 Å². The van der Waals surface area contributed by atoms with Crippen molar-refractivity contribution >= 4 is 17.8 Å². The molecule has 2 amide bonds. The number of halogens is 1. The second kappa shape index (κ2) is 5.78. The average Bonchev–Trinajstić information content (AvgIpc) is 2.46. The molecule has 0 spiro atoms. The van der Waals surface area contributed by atoms with Crippen LogP contribution in [0.1, 0.15) is 10.4 Å². The first-order chi connectivity index (χ1) is 9.93. The van der Waals surface area contributed by atoms with Crippen molar-refractivity contribution in [2.75, 3.05) is 20.2 Å². The monoisotopic (exact) mass is 296 g/mol. The Hall–Kier alpha value is -2.64. The maximum Gasteiger partial charge on any atom is 0.328 e. The molecule has 0 radical (unpaired) electrons. The number of carbonyl (C=O) groups is 3. The molecule has 1 heterocycles. The van der Waals surface area contributed by atoms with Gasteiger partial charge in [-0.25, -0.2) is 9.18 Å². The first-order valence-electron chi connectivity index (χ1n) is 6.08. The molecule has 1 saturated heterocycles. The normalized spacial score (nSPS) is 18.1. The number of carboxylic acid groups (broad SMARTS) is 1. The van der Waals surface area contributed by atoms with Crippen LogP contribution in [-0.4, -0.2) is 54.0 Å². The van der Waals surface area contributed by atoms with E-state index in [-0.39, 0.29) is 24.4 Å². The summed E-state index contributed by atoms with van der Waals surface area (Å²) < 4.78 is 18.1. The number of benzene rings is 1. The molecule has 0 aromatic heterocycles. The molecule has 1 unspecified atom stereocenters. The van der Waals surface area contributed by atoms with Gasteiger partial charge in [-0.1, -0.05) is 0 Å². The van der Waals surface area contributed by atoms with Gasteiger partial charge in [0.25, 0.3) is 5.91 Å². The number of ether oxygens (including phenoxy) is 1. The quantitative estimate of drug-likeness (QED) is 0.809. The summed E-state index contributed by atoms with van der Waals surface area (Å²) in [4.78, 5) is 35.8. The molecule has 1 aromatic rings. The number of piperazine rings is 1. The van der Waals surface area contributed by atoms with Crippen LogP contribution in [0.15, 0.2) is 18.2 Å². The van der Waals surface area contributed by atoms with Gasteiger partial charge >= 0.3 is 5.97 Å². The highest BCUT2D eigenvalue weighted by molar-refractivity contribution is 6.00. The van der Waals surface area contributed by atoms with Crippen molar-refractivity contribution in [3.8, 4) is 5.75 Å². The van der Waals surface area contributed by atoms with Gasteiger partial charge in [0.15, 0.2) is 11.6 Å². The van der Waals surface area contributed by atoms with Crippen LogP contribution in [0.25, 0.3) is 0 Å². The molecule has 8 heteroatoms. The summed E-state index contributed by atoms with van der Waals surface area (Å²) in [7, 11) is 1.25. The lowest BCUT2D eigenvalue weighted by Gasteiger charge is -2.32. The zero-order valence-corrected chi connectivity index (χ0v) is 11.1. The minimum absolute atomic E-state index is 0.0502. The van der Waals surface area contributed by atoms with Gasteiger partial charge in [-0.15, -0.1) is 0 Å². The molecule has 0 saturated carbocycles. The minimum Gasteiger partial charge on any atom is -0.494 e. The molecule has 2 N–H and O–H groups in total. The third-order valence-electron chi connectivity index (χ3n) is 3.13. The van der Waals surface area contributed by atoms with E-state index in [1.807, 2.05) is 0 Å². The molecule has 0 bridgehead atoms. The highest BCUT2D eigenvalue weighted by Gasteiger charge is 2.35. The Labute approximate surface area is 119 Å². The SMILES string of the molecule is COc1cc(C(=O)N2CC(=O)NCC2C(=O)O)ccc1F. The lowest BCUT2D eigenvalue weighted by atomic mass is 10.1. The van der Waals surface area contributed by atoms with E-state index >= 15 is 0 Å². The van der Waals surface area contributed by atoms with E-state index in [0.29, 0.717) is 0 Å². The van der Waals surface area contributed by atoms with Gasteiger partial charge in [-0.3, -0.25) is 9.59 Å². The Morgan fingerprint density at radius 3 is 2.81 bits per heavy atom. The molecule has 1 fully saturated rings. The molecule has 7 nitrogen and oxygen atoms in total. The zero-order chi connectivity index (χ0) is 15.6. The molecule has 0 aliphatic carbocycles. The van der Waals surface area contributed by atoms with Crippen molar-refractivity contribution in [3.05, 3.63) is 29.6 Å². The molecule has 1 atom stereocenters. The maximum atomic E-state index is 13.3. The lowest BCUT2D eigenvalue weighted by Crippen LogP contribution is -2.59. The molecular weight excluding hydrogens is 283 g/mol. The number of methoxy groups -OCH3 is 1. The van der Waals surface area contributed by atoms with Crippen molar-refractivity contribution in [2.45, 2.75) is 6.04 Å². The number of hydrogen-bond donors (Lipinski definition) is 2. The third kappa shape index (κ3) is 2.93. The summed E-state index contributed by atoms with van der Waals surface area (Å²) in [5.41, 5.74) is 0.0502. The van der Waals surface area contributed by atoms with E-state index in [1.165, 1.54) is 19.2 Å². The average molecular weight is 296 g/mol. The van der Waals surface area contributed by atoms with Crippen molar-refractivity contribution < 1.29 is 28.6 Å². The van der Waals surface area contributed by atoms with Crippen LogP contribution in [0, 0.1) is 5.82 Å². The number of aliphatic carboxylic acids is 1. The fourth-order valence-electron chi connectivity index (χ4n) is 2.03. The largest absolute Gasteiger partial charge is 0.494 e. The number of amides is 2. The van der Waals surface area contributed by atoms with Gasteiger partial charge in [-0.2, -0.15) is 0 Å². The number of hydrogen-bond acceptors (Lipinski definition) is 4. The van der Waals surface area contributed by atoms with Crippen molar-refractivity contribution in [3.63, 3.8) is 0 Å². The first kappa shape index (κ1) is 14.8. The Morgan fingerprint density at radius 2 is 2.19 bits per heavy atom. The minimum atomic E-state index is -1.22. The highest BCUT2D eigenvalue weighted by atomic mass is 19.1. The van der Waals surface area contributed by atoms with E-state index in [1.54, 1.807) is 0 Å². The summed E-state index contributed by atoms with van der Waals surface area (Å²) in [5, 5.41) is 11.5. The summed E-state index contributed by atoms with van der Waals surface area (Å²) >= 11 is 0. The molecular formula is C13H13FN2O5. The van der Waals surface area contributed by atoms with Crippen LogP contribution in [-0.2, 0) is 9.59 Å². The highest BCUT2D eigenvalue weighted by Crippen LogP contribution is 2.20. The van der Waals surface area contributed by atoms with Gasteiger partial charge < -0.3 is 20.1 Å². The van der Waals surface area contributed by atoms with Gasteiger partial charge in [0.05, 0.1) is 7.11 Å². The number of carbonyl (C=O) groups excluding carboxylic acids is 2. The van der Waals surface area contributed by atoms with E-state index in [0.717, 1.165) is 11.0 Å². The van der Waals surface area contributed by atoms with Crippen molar-refractivity contribution in [1.29, 1.82) is 0 Å². The van der Waals surface area contributed by atoms with Crippen LogP contribution in [0.2, 0.25) is 0 Å². The summed E-state index contributed by atoms with van der Waals surface area (Å²) in [6.07, 6.45) is 0. The summed E-state index contributed by atoms with van der Waals surface area (Å²) in [6, 6.07) is 2.27. The van der Waals surface area contributed by atoms with Gasteiger partial charge in [0.1, 0.15) is 12.6 Å². The fourth-order valence-corrected chi connectivity index (χ4v) is 2.03. The number of carboxylic acids is 1. The van der Waals surface area contributed by atoms with Crippen LogP contribution in [0.4, 0.5) is 4.39 Å². The van der Waals surface area contributed by atoms with Crippen LogP contribution in [0.5, 0.6) is 5.75 Å². The predicted molar refractivity (Wildman–Crippen MR) is 68.4 cm³/mol. The Kier molecular flexibility index (Phi) is 4.06. The van der Waals surface area contributed by atoms with Crippen LogP contribution >= 0.6 is 0 Å². The Morgan fingerprint density at radius 1 is 1.48 bits per heavy atom. The maximum absolute atomic E-state index is 13.3. The van der Waals surface area contributed by atoms with E-state index < -0.39 is 29.6 Å². The zero-order valence-electron chi connectivity index (χ0n) is 11.1. The Bertz CT molecular complexity index is 604. The number of nitrogens with zero attached hydrogens (tertiary/aromatic N) is 1. The molecule has 112 valence electrons. The molecule has 1 aromatic carbocycles. The molecule has 2 rings (SSSR count). The van der Waals surface area contributed by atoms with E-state index in [2.05, 4.69) is 5.32 Å². The molecule has 1 aliphatic heterocycles. The molecule has 21 heavy (non-hydrogen) atoms. The summed E-state index contributed by atoms with van der Waals surface area (Å²) in [6.45, 7) is -0.534. The second-order valence-corrected chi connectivity index (χ2v) is 4.44. The van der Waals surface area contributed by atoms with E-state index in [4.69, 9.17) is 9.84 Å². The number of nitrogens with one attached hydrogen (secondary N) is 1. The predicted octanol–water partition coefficient (Wildman–Crippen LogP) is -0.141. The van der Waals surface area contributed by atoms with Crippen molar-refractivity contribution in [2.24, 2.45) is 0 Å².